The van der Waals surface area contributed by atoms with Crippen LogP contribution in [0.25, 0.3) is 0 Å². The highest BCUT2D eigenvalue weighted by molar-refractivity contribution is 7.07. The van der Waals surface area contributed by atoms with Crippen molar-refractivity contribution in [3.63, 3.8) is 0 Å². The molecular weight excluding hydrogens is 216 g/mol. The molecule has 88 valence electrons. The van der Waals surface area contributed by atoms with Crippen LogP contribution in [0.4, 0.5) is 0 Å². The molecule has 1 aromatic rings. The Labute approximate surface area is 102 Å². The number of hydrogen-bond acceptors (Lipinski definition) is 3. The second-order valence-corrected chi connectivity index (χ2v) is 5.17. The highest BCUT2D eigenvalue weighted by Crippen LogP contribution is 2.20. The minimum atomic E-state index is 0.385. The number of aromatic nitrogens is 1. The van der Waals surface area contributed by atoms with Crippen LogP contribution >= 0.6 is 11.3 Å². The Balaban J connectivity index is 1.69. The SMILES string of the molecule is CC(NCCC1=CCCCC1)c1cscn1. The molecule has 1 heterocycles. The van der Waals surface area contributed by atoms with Gasteiger partial charge in [-0.1, -0.05) is 11.6 Å². The molecule has 0 aromatic carbocycles. The topological polar surface area (TPSA) is 24.9 Å². The van der Waals surface area contributed by atoms with Gasteiger partial charge in [0.25, 0.3) is 0 Å². The molecule has 1 aliphatic carbocycles. The van der Waals surface area contributed by atoms with Crippen molar-refractivity contribution in [1.82, 2.24) is 10.3 Å². The second kappa shape index (κ2) is 6.16. The summed E-state index contributed by atoms with van der Waals surface area (Å²) in [4.78, 5) is 4.32. The normalized spacial score (nSPS) is 18.2. The number of nitrogens with one attached hydrogen (secondary N) is 1. The second-order valence-electron chi connectivity index (χ2n) is 4.45. The van der Waals surface area contributed by atoms with Crippen molar-refractivity contribution < 1.29 is 0 Å². The first kappa shape index (κ1) is 11.8. The maximum atomic E-state index is 4.32. The Morgan fingerprint density at radius 2 is 2.44 bits per heavy atom. The minimum absolute atomic E-state index is 0.385. The lowest BCUT2D eigenvalue weighted by molar-refractivity contribution is 0.554. The molecule has 0 fully saturated rings. The molecule has 0 saturated heterocycles. The van der Waals surface area contributed by atoms with Crippen LogP contribution in [0.15, 0.2) is 22.5 Å². The molecule has 3 heteroatoms. The molecule has 1 aliphatic rings. The molecule has 1 N–H and O–H groups in total. The van der Waals surface area contributed by atoms with Crippen molar-refractivity contribution >= 4 is 11.3 Å². The molecular formula is C13H20N2S. The predicted molar refractivity (Wildman–Crippen MR) is 69.7 cm³/mol. The minimum Gasteiger partial charge on any atom is -0.309 e. The van der Waals surface area contributed by atoms with E-state index in [-0.39, 0.29) is 0 Å². The smallest absolute Gasteiger partial charge is 0.0795 e. The van der Waals surface area contributed by atoms with Crippen molar-refractivity contribution in [2.75, 3.05) is 6.54 Å². The Morgan fingerprint density at radius 1 is 1.50 bits per heavy atom. The molecule has 0 bridgehead atoms. The zero-order valence-corrected chi connectivity index (χ0v) is 10.7. The zero-order valence-electron chi connectivity index (χ0n) is 9.91. The average Bonchev–Trinajstić information content (AvgIpc) is 2.84. The van der Waals surface area contributed by atoms with Gasteiger partial charge in [-0.25, -0.2) is 4.98 Å². The third kappa shape index (κ3) is 3.42. The number of nitrogens with zero attached hydrogens (tertiary/aromatic N) is 1. The van der Waals surface area contributed by atoms with Gasteiger partial charge in [0.15, 0.2) is 0 Å². The van der Waals surface area contributed by atoms with Gasteiger partial charge >= 0.3 is 0 Å². The average molecular weight is 236 g/mol. The van der Waals surface area contributed by atoms with Gasteiger partial charge in [0.2, 0.25) is 0 Å². The summed E-state index contributed by atoms with van der Waals surface area (Å²) >= 11 is 1.67. The molecule has 1 aromatic heterocycles. The van der Waals surface area contributed by atoms with Crippen LogP contribution in [0, 0.1) is 0 Å². The Morgan fingerprint density at radius 3 is 3.12 bits per heavy atom. The highest BCUT2D eigenvalue weighted by atomic mass is 32.1. The molecule has 0 spiro atoms. The summed E-state index contributed by atoms with van der Waals surface area (Å²) in [6, 6.07) is 0.385. The summed E-state index contributed by atoms with van der Waals surface area (Å²) in [6.45, 7) is 3.26. The summed E-state index contributed by atoms with van der Waals surface area (Å²) < 4.78 is 0. The maximum Gasteiger partial charge on any atom is 0.0795 e. The molecule has 16 heavy (non-hydrogen) atoms. The molecule has 1 unspecified atom stereocenters. The lowest BCUT2D eigenvalue weighted by atomic mass is 9.97. The van der Waals surface area contributed by atoms with E-state index >= 15 is 0 Å². The molecule has 2 rings (SSSR count). The van der Waals surface area contributed by atoms with E-state index in [0.717, 1.165) is 6.54 Å². The Hall–Kier alpha value is -0.670. The van der Waals surface area contributed by atoms with Gasteiger partial charge in [-0.3, -0.25) is 0 Å². The van der Waals surface area contributed by atoms with Crippen molar-refractivity contribution in [3.8, 4) is 0 Å². The first-order chi connectivity index (χ1) is 7.86. The van der Waals surface area contributed by atoms with E-state index in [9.17, 15) is 0 Å². The molecule has 1 atom stereocenters. The van der Waals surface area contributed by atoms with E-state index in [1.165, 1.54) is 37.8 Å². The Bertz CT molecular complexity index is 330. The van der Waals surface area contributed by atoms with E-state index in [4.69, 9.17) is 0 Å². The number of allylic oxidation sites excluding steroid dienone is 1. The third-order valence-electron chi connectivity index (χ3n) is 3.18. The van der Waals surface area contributed by atoms with E-state index in [0.29, 0.717) is 6.04 Å². The molecule has 0 aliphatic heterocycles. The fourth-order valence-corrected chi connectivity index (χ4v) is 2.77. The van der Waals surface area contributed by atoms with Crippen molar-refractivity contribution in [3.05, 3.63) is 28.2 Å². The largest absolute Gasteiger partial charge is 0.309 e. The van der Waals surface area contributed by atoms with Crippen molar-refractivity contribution in [2.24, 2.45) is 0 Å². The first-order valence-corrected chi connectivity index (χ1v) is 7.10. The summed E-state index contributed by atoms with van der Waals surface area (Å²) in [5.74, 6) is 0. The third-order valence-corrected chi connectivity index (χ3v) is 3.78. The first-order valence-electron chi connectivity index (χ1n) is 6.15. The molecule has 0 saturated carbocycles. The standard InChI is InChI=1S/C13H20N2S/c1-11(13-9-16-10-15-13)14-8-7-12-5-3-2-4-6-12/h5,9-11,14H,2-4,6-8H2,1H3. The van der Waals surface area contributed by atoms with Crippen LogP contribution in [0.2, 0.25) is 0 Å². The van der Waals surface area contributed by atoms with Crippen LogP contribution < -0.4 is 5.32 Å². The van der Waals surface area contributed by atoms with Crippen LogP contribution in [0.5, 0.6) is 0 Å². The van der Waals surface area contributed by atoms with Crippen LogP contribution in [0.1, 0.15) is 50.8 Å². The van der Waals surface area contributed by atoms with E-state index in [2.05, 4.69) is 28.7 Å². The van der Waals surface area contributed by atoms with Gasteiger partial charge in [-0.05, 0) is 45.6 Å². The lowest BCUT2D eigenvalue weighted by Crippen LogP contribution is -2.20. The van der Waals surface area contributed by atoms with Crippen LogP contribution in [-0.4, -0.2) is 11.5 Å². The van der Waals surface area contributed by atoms with Gasteiger partial charge in [0.05, 0.1) is 11.2 Å². The van der Waals surface area contributed by atoms with E-state index < -0.39 is 0 Å². The highest BCUT2D eigenvalue weighted by Gasteiger charge is 2.07. The summed E-state index contributed by atoms with van der Waals surface area (Å²) in [5, 5.41) is 5.66. The van der Waals surface area contributed by atoms with Crippen molar-refractivity contribution in [1.29, 1.82) is 0 Å². The predicted octanol–water partition coefficient (Wildman–Crippen LogP) is 3.68. The lowest BCUT2D eigenvalue weighted by Gasteiger charge is -2.15. The van der Waals surface area contributed by atoms with Crippen molar-refractivity contribution in [2.45, 2.75) is 45.1 Å². The summed E-state index contributed by atoms with van der Waals surface area (Å²) in [7, 11) is 0. The van der Waals surface area contributed by atoms with Gasteiger partial charge in [0, 0.05) is 11.4 Å². The fourth-order valence-electron chi connectivity index (χ4n) is 2.12. The monoisotopic (exact) mass is 236 g/mol. The summed E-state index contributed by atoms with van der Waals surface area (Å²) in [5.41, 5.74) is 4.71. The molecule has 0 amide bonds. The summed E-state index contributed by atoms with van der Waals surface area (Å²) in [6.07, 6.45) is 9.00. The van der Waals surface area contributed by atoms with Crippen LogP contribution in [-0.2, 0) is 0 Å². The molecule has 2 nitrogen and oxygen atoms in total. The van der Waals surface area contributed by atoms with Gasteiger partial charge in [-0.15, -0.1) is 11.3 Å². The molecule has 0 radical (unpaired) electrons. The quantitative estimate of drug-likeness (QED) is 0.789. The van der Waals surface area contributed by atoms with Gasteiger partial charge in [-0.2, -0.15) is 0 Å². The zero-order chi connectivity index (χ0) is 11.2. The van der Waals surface area contributed by atoms with E-state index in [1.54, 1.807) is 16.9 Å². The fraction of sp³-hybridized carbons (Fsp3) is 0.615. The van der Waals surface area contributed by atoms with E-state index in [1.807, 2.05) is 5.51 Å². The number of rotatable bonds is 5. The maximum absolute atomic E-state index is 4.32. The van der Waals surface area contributed by atoms with Gasteiger partial charge in [0.1, 0.15) is 0 Å². The number of hydrogen-bond donors (Lipinski definition) is 1. The number of thiazole rings is 1. The Kier molecular flexibility index (Phi) is 4.55. The van der Waals surface area contributed by atoms with Crippen LogP contribution in [0.3, 0.4) is 0 Å². The van der Waals surface area contributed by atoms with Gasteiger partial charge < -0.3 is 5.32 Å².